The number of para-hydroxylation sites is 1. The summed E-state index contributed by atoms with van der Waals surface area (Å²) < 4.78 is 5.65. The number of aromatic nitrogens is 1. The van der Waals surface area contributed by atoms with Gasteiger partial charge >= 0.3 is 0 Å². The van der Waals surface area contributed by atoms with Crippen LogP contribution in [0.2, 0.25) is 0 Å². The van der Waals surface area contributed by atoms with Crippen molar-refractivity contribution in [3.05, 3.63) is 53.9 Å². The first kappa shape index (κ1) is 19.5. The number of aliphatic hydroxyl groups is 1. The average Bonchev–Trinajstić information content (AvgIpc) is 3.41. The Morgan fingerprint density at radius 3 is 2.83 bits per heavy atom. The number of hydrogen-bond acceptors (Lipinski definition) is 5. The minimum Gasteiger partial charge on any atom is -0.493 e. The molecule has 2 aromatic rings. The maximum atomic E-state index is 12.6. The van der Waals surface area contributed by atoms with Crippen LogP contribution in [0.15, 0.2) is 42.6 Å². The van der Waals surface area contributed by atoms with Crippen molar-refractivity contribution >= 4 is 5.91 Å². The van der Waals surface area contributed by atoms with E-state index in [1.54, 1.807) is 0 Å². The summed E-state index contributed by atoms with van der Waals surface area (Å²) in [5, 5.41) is 19.1. The minimum absolute atomic E-state index is 0.0784. The van der Waals surface area contributed by atoms with Gasteiger partial charge in [-0.3, -0.25) is 9.69 Å². The van der Waals surface area contributed by atoms with Gasteiger partial charge in [0.2, 0.25) is 5.91 Å². The van der Waals surface area contributed by atoms with E-state index in [2.05, 4.69) is 16.0 Å². The maximum absolute atomic E-state index is 12.6. The molecule has 2 atom stereocenters. The SMILES string of the molecule is N#Cc1cc(CN2C[C@H]3CN(C(=O)CCOc4ccccc4)C[C@@]3(CO)C2)c[nH]1. The molecule has 4 rings (SSSR count). The lowest BCUT2D eigenvalue weighted by molar-refractivity contribution is -0.131. The van der Waals surface area contributed by atoms with Crippen LogP contribution < -0.4 is 4.74 Å². The molecule has 3 heterocycles. The fourth-order valence-electron chi connectivity index (χ4n) is 4.61. The summed E-state index contributed by atoms with van der Waals surface area (Å²) in [6, 6.07) is 13.5. The molecule has 0 saturated carbocycles. The van der Waals surface area contributed by atoms with Crippen LogP contribution in [-0.4, -0.2) is 65.2 Å². The second-order valence-electron chi connectivity index (χ2n) is 8.11. The number of benzene rings is 1. The predicted molar refractivity (Wildman–Crippen MR) is 107 cm³/mol. The Bertz CT molecular complexity index is 891. The third kappa shape index (κ3) is 4.14. The average molecular weight is 394 g/mol. The summed E-state index contributed by atoms with van der Waals surface area (Å²) in [5.41, 5.74) is 1.37. The largest absolute Gasteiger partial charge is 0.493 e. The molecule has 0 aliphatic carbocycles. The zero-order valence-corrected chi connectivity index (χ0v) is 16.4. The summed E-state index contributed by atoms with van der Waals surface area (Å²) in [6.07, 6.45) is 2.20. The maximum Gasteiger partial charge on any atom is 0.226 e. The Balaban J connectivity index is 1.29. The fraction of sp³-hybridized carbons (Fsp3) is 0.455. The van der Waals surface area contributed by atoms with Crippen molar-refractivity contribution in [2.24, 2.45) is 11.3 Å². The third-order valence-corrected chi connectivity index (χ3v) is 6.09. The summed E-state index contributed by atoms with van der Waals surface area (Å²) in [4.78, 5) is 19.8. The van der Waals surface area contributed by atoms with E-state index in [0.717, 1.165) is 30.9 Å². The lowest BCUT2D eigenvalue weighted by Crippen LogP contribution is -2.39. The Kier molecular flexibility index (Phi) is 5.56. The monoisotopic (exact) mass is 394 g/mol. The van der Waals surface area contributed by atoms with Crippen molar-refractivity contribution in [1.82, 2.24) is 14.8 Å². The third-order valence-electron chi connectivity index (χ3n) is 6.09. The van der Waals surface area contributed by atoms with Gasteiger partial charge in [0.1, 0.15) is 17.5 Å². The van der Waals surface area contributed by atoms with Crippen molar-refractivity contribution in [2.45, 2.75) is 13.0 Å². The van der Waals surface area contributed by atoms with Gasteiger partial charge in [-0.1, -0.05) is 18.2 Å². The summed E-state index contributed by atoms with van der Waals surface area (Å²) in [6.45, 7) is 4.05. The molecule has 0 bridgehead atoms. The molecule has 1 aromatic carbocycles. The van der Waals surface area contributed by atoms with E-state index in [1.807, 2.05) is 47.5 Å². The van der Waals surface area contributed by atoms with Crippen LogP contribution in [0.3, 0.4) is 0 Å². The van der Waals surface area contributed by atoms with E-state index < -0.39 is 0 Å². The second kappa shape index (κ2) is 8.27. The first-order chi connectivity index (χ1) is 14.1. The van der Waals surface area contributed by atoms with E-state index in [4.69, 9.17) is 10.00 Å². The Morgan fingerprint density at radius 1 is 1.31 bits per heavy atom. The van der Waals surface area contributed by atoms with E-state index in [0.29, 0.717) is 31.8 Å². The lowest BCUT2D eigenvalue weighted by Gasteiger charge is -2.27. The number of fused-ring (bicyclic) bond motifs is 1. The smallest absolute Gasteiger partial charge is 0.226 e. The molecule has 2 aliphatic heterocycles. The van der Waals surface area contributed by atoms with Crippen LogP contribution in [-0.2, 0) is 11.3 Å². The molecular weight excluding hydrogens is 368 g/mol. The molecule has 29 heavy (non-hydrogen) atoms. The number of nitriles is 1. The van der Waals surface area contributed by atoms with Crippen molar-refractivity contribution in [3.8, 4) is 11.8 Å². The van der Waals surface area contributed by atoms with Gasteiger partial charge in [0.05, 0.1) is 19.6 Å². The molecule has 2 fully saturated rings. The summed E-state index contributed by atoms with van der Waals surface area (Å²) in [7, 11) is 0. The van der Waals surface area contributed by atoms with Crippen molar-refractivity contribution in [2.75, 3.05) is 39.4 Å². The predicted octanol–water partition coefficient (Wildman–Crippen LogP) is 1.61. The Morgan fingerprint density at radius 2 is 2.14 bits per heavy atom. The molecule has 1 aromatic heterocycles. The normalized spacial score (nSPS) is 23.7. The molecule has 152 valence electrons. The Labute approximate surface area is 170 Å². The highest BCUT2D eigenvalue weighted by atomic mass is 16.5. The fourth-order valence-corrected chi connectivity index (χ4v) is 4.61. The topological polar surface area (TPSA) is 92.6 Å². The Hall–Kier alpha value is -2.82. The van der Waals surface area contributed by atoms with Crippen LogP contribution in [0.5, 0.6) is 5.75 Å². The highest BCUT2D eigenvalue weighted by Gasteiger charge is 2.52. The van der Waals surface area contributed by atoms with Crippen LogP contribution in [0, 0.1) is 22.7 Å². The van der Waals surface area contributed by atoms with Crippen molar-refractivity contribution < 1.29 is 14.6 Å². The number of aromatic amines is 1. The molecule has 7 nitrogen and oxygen atoms in total. The number of hydrogen-bond donors (Lipinski definition) is 2. The van der Waals surface area contributed by atoms with E-state index in [-0.39, 0.29) is 23.8 Å². The quantitative estimate of drug-likeness (QED) is 0.744. The van der Waals surface area contributed by atoms with Gasteiger partial charge in [-0.15, -0.1) is 0 Å². The van der Waals surface area contributed by atoms with Crippen molar-refractivity contribution in [3.63, 3.8) is 0 Å². The second-order valence-corrected chi connectivity index (χ2v) is 8.11. The standard InChI is InChI=1S/C22H26N4O3/c23-9-19-8-17(10-24-19)11-25-12-18-13-26(15-22(18,14-25)16-27)21(28)6-7-29-20-4-2-1-3-5-20/h1-5,8,10,18,24,27H,6-7,11-16H2/t18-,22+/m0/s1. The summed E-state index contributed by atoms with van der Waals surface area (Å²) in [5.74, 6) is 1.12. The highest BCUT2D eigenvalue weighted by molar-refractivity contribution is 5.76. The summed E-state index contributed by atoms with van der Waals surface area (Å²) >= 11 is 0. The number of carbonyl (C=O) groups is 1. The molecule has 0 spiro atoms. The molecule has 0 radical (unpaired) electrons. The number of ether oxygens (including phenoxy) is 1. The number of nitrogens with zero attached hydrogens (tertiary/aromatic N) is 3. The van der Waals surface area contributed by atoms with E-state index in [9.17, 15) is 9.90 Å². The lowest BCUT2D eigenvalue weighted by atomic mass is 9.82. The number of likely N-dealkylation sites (tertiary alicyclic amines) is 2. The number of nitrogens with one attached hydrogen (secondary N) is 1. The first-order valence-corrected chi connectivity index (χ1v) is 9.98. The van der Waals surface area contributed by atoms with Gasteiger partial charge in [0, 0.05) is 44.3 Å². The first-order valence-electron chi connectivity index (χ1n) is 9.98. The minimum atomic E-state index is -0.260. The molecular formula is C22H26N4O3. The van der Waals surface area contributed by atoms with E-state index in [1.165, 1.54) is 0 Å². The van der Waals surface area contributed by atoms with Crippen LogP contribution in [0.4, 0.5) is 0 Å². The van der Waals surface area contributed by atoms with Gasteiger partial charge in [0.15, 0.2) is 0 Å². The number of carbonyl (C=O) groups excluding carboxylic acids is 1. The molecule has 2 saturated heterocycles. The number of aliphatic hydroxyl groups excluding tert-OH is 1. The zero-order valence-electron chi connectivity index (χ0n) is 16.4. The molecule has 2 aliphatic rings. The molecule has 7 heteroatoms. The van der Waals surface area contributed by atoms with E-state index >= 15 is 0 Å². The van der Waals surface area contributed by atoms with Gasteiger partial charge < -0.3 is 19.7 Å². The van der Waals surface area contributed by atoms with Gasteiger partial charge in [-0.05, 0) is 29.7 Å². The van der Waals surface area contributed by atoms with Crippen LogP contribution in [0.1, 0.15) is 17.7 Å². The number of amides is 1. The van der Waals surface area contributed by atoms with Gasteiger partial charge in [-0.2, -0.15) is 5.26 Å². The van der Waals surface area contributed by atoms with Crippen molar-refractivity contribution in [1.29, 1.82) is 5.26 Å². The zero-order chi connectivity index (χ0) is 20.3. The molecule has 1 amide bonds. The highest BCUT2D eigenvalue weighted by Crippen LogP contribution is 2.42. The van der Waals surface area contributed by atoms with Gasteiger partial charge in [0.25, 0.3) is 0 Å². The molecule has 0 unspecified atom stereocenters. The van der Waals surface area contributed by atoms with Crippen LogP contribution in [0.25, 0.3) is 0 Å². The number of rotatable bonds is 7. The number of H-pyrrole nitrogens is 1. The van der Waals surface area contributed by atoms with Gasteiger partial charge in [-0.25, -0.2) is 0 Å². The van der Waals surface area contributed by atoms with Crippen LogP contribution >= 0.6 is 0 Å². The molecule has 2 N–H and O–H groups in total.